The van der Waals surface area contributed by atoms with Crippen LogP contribution in [0.1, 0.15) is 63.0 Å². The smallest absolute Gasteiger partial charge is 0.406 e. The molecule has 1 nitrogen and oxygen atoms in total. The van der Waals surface area contributed by atoms with E-state index in [-0.39, 0.29) is 11.1 Å². The number of unbranched alkanes of at least 4 members (excludes halogenated alkanes) is 4. The molecule has 0 saturated heterocycles. The molecular weight excluding hydrogens is 399 g/mol. The first-order chi connectivity index (χ1) is 14.3. The number of benzene rings is 2. The number of allylic oxidation sites excluding steroid dienone is 1. The molecule has 0 radical (unpaired) electrons. The predicted molar refractivity (Wildman–Crippen MR) is 108 cm³/mol. The van der Waals surface area contributed by atoms with Gasteiger partial charge < -0.3 is 4.74 Å². The minimum atomic E-state index is -4.82. The Morgan fingerprint density at radius 2 is 1.63 bits per heavy atom. The molecule has 0 heterocycles. The second-order valence-corrected chi connectivity index (χ2v) is 7.65. The maximum Gasteiger partial charge on any atom is 0.573 e. The van der Waals surface area contributed by atoms with E-state index in [1.54, 1.807) is 0 Å². The van der Waals surface area contributed by atoms with Crippen LogP contribution in [0.5, 0.6) is 5.75 Å². The lowest BCUT2D eigenvalue weighted by Crippen LogP contribution is -2.17. The normalized spacial score (nSPS) is 13.7. The molecule has 3 rings (SSSR count). The largest absolute Gasteiger partial charge is 0.573 e. The van der Waals surface area contributed by atoms with Gasteiger partial charge in [-0.05, 0) is 60.6 Å². The zero-order valence-corrected chi connectivity index (χ0v) is 16.9. The highest BCUT2D eigenvalue weighted by molar-refractivity contribution is 5.71. The molecule has 0 spiro atoms. The van der Waals surface area contributed by atoms with Crippen molar-refractivity contribution in [3.05, 3.63) is 58.7 Å². The van der Waals surface area contributed by atoms with Crippen LogP contribution < -0.4 is 4.74 Å². The number of rotatable bonds is 8. The third kappa shape index (κ3) is 5.61. The van der Waals surface area contributed by atoms with Gasteiger partial charge in [-0.2, -0.15) is 0 Å². The second-order valence-electron chi connectivity index (χ2n) is 7.65. The summed E-state index contributed by atoms with van der Waals surface area (Å²) in [6.07, 6.45) is 5.10. The second kappa shape index (κ2) is 9.63. The van der Waals surface area contributed by atoms with Crippen LogP contribution in [0.25, 0.3) is 17.2 Å². The fourth-order valence-corrected chi connectivity index (χ4v) is 3.88. The topological polar surface area (TPSA) is 9.23 Å². The Hall–Kier alpha value is -2.37. The summed E-state index contributed by atoms with van der Waals surface area (Å²) in [4.78, 5) is 0. The number of ether oxygens (including phenoxy) is 1. The molecule has 30 heavy (non-hydrogen) atoms. The molecule has 0 atom stereocenters. The summed E-state index contributed by atoms with van der Waals surface area (Å²) in [5, 5.41) is 0. The first-order valence-electron chi connectivity index (χ1n) is 10.3. The van der Waals surface area contributed by atoms with Crippen molar-refractivity contribution in [1.82, 2.24) is 0 Å². The molecule has 162 valence electrons. The molecule has 0 bridgehead atoms. The summed E-state index contributed by atoms with van der Waals surface area (Å²) in [7, 11) is 0. The van der Waals surface area contributed by atoms with E-state index in [1.165, 1.54) is 43.0 Å². The van der Waals surface area contributed by atoms with Gasteiger partial charge in [-0.25, -0.2) is 8.78 Å². The standard InChI is InChI=1S/C24H25F5O/c1-2-3-4-5-6-7-16-8-13-20-18(14-16)15-21(25)22(23(20)26)17-9-11-19(12-10-17)30-24(27,28)29/h9-12,14-15H,2-8,13H2,1H3. The summed E-state index contributed by atoms with van der Waals surface area (Å²) in [6.45, 7) is 2.17. The quantitative estimate of drug-likeness (QED) is 0.306. The minimum Gasteiger partial charge on any atom is -0.406 e. The van der Waals surface area contributed by atoms with Gasteiger partial charge in [-0.3, -0.25) is 0 Å². The summed E-state index contributed by atoms with van der Waals surface area (Å²) in [5.74, 6) is -1.81. The van der Waals surface area contributed by atoms with Gasteiger partial charge in [0.2, 0.25) is 0 Å². The lowest BCUT2D eigenvalue weighted by molar-refractivity contribution is -0.274. The molecule has 0 aliphatic heterocycles. The lowest BCUT2D eigenvalue weighted by Gasteiger charge is -2.20. The fraction of sp³-hybridized carbons (Fsp3) is 0.417. The van der Waals surface area contributed by atoms with Crippen LogP contribution >= 0.6 is 0 Å². The zero-order chi connectivity index (χ0) is 21.7. The van der Waals surface area contributed by atoms with Crippen molar-refractivity contribution in [1.29, 1.82) is 0 Å². The molecule has 2 aromatic rings. The number of fused-ring (bicyclic) bond motifs is 1. The van der Waals surface area contributed by atoms with Crippen molar-refractivity contribution in [3.63, 3.8) is 0 Å². The van der Waals surface area contributed by atoms with E-state index in [4.69, 9.17) is 0 Å². The lowest BCUT2D eigenvalue weighted by atomic mass is 9.87. The van der Waals surface area contributed by atoms with E-state index >= 15 is 4.39 Å². The molecule has 0 unspecified atom stereocenters. The van der Waals surface area contributed by atoms with E-state index in [2.05, 4.69) is 11.7 Å². The highest BCUT2D eigenvalue weighted by atomic mass is 19.4. The van der Waals surface area contributed by atoms with E-state index in [0.717, 1.165) is 37.8 Å². The van der Waals surface area contributed by atoms with Crippen molar-refractivity contribution >= 4 is 6.08 Å². The van der Waals surface area contributed by atoms with Crippen LogP contribution in [0, 0.1) is 11.6 Å². The summed E-state index contributed by atoms with van der Waals surface area (Å²) >= 11 is 0. The van der Waals surface area contributed by atoms with Crippen LogP contribution in [-0.4, -0.2) is 6.36 Å². The molecule has 0 aromatic heterocycles. The third-order valence-corrected chi connectivity index (χ3v) is 5.39. The molecule has 1 aliphatic rings. The fourth-order valence-electron chi connectivity index (χ4n) is 3.88. The van der Waals surface area contributed by atoms with Gasteiger partial charge in [0, 0.05) is 0 Å². The van der Waals surface area contributed by atoms with E-state index in [9.17, 15) is 17.6 Å². The maximum absolute atomic E-state index is 15.1. The van der Waals surface area contributed by atoms with Gasteiger partial charge in [-0.1, -0.05) is 56.4 Å². The third-order valence-electron chi connectivity index (χ3n) is 5.39. The monoisotopic (exact) mass is 424 g/mol. The van der Waals surface area contributed by atoms with E-state index < -0.39 is 23.7 Å². The summed E-state index contributed by atoms with van der Waals surface area (Å²) in [6, 6.07) is 5.89. The van der Waals surface area contributed by atoms with Gasteiger partial charge >= 0.3 is 6.36 Å². The van der Waals surface area contributed by atoms with Gasteiger partial charge in [-0.15, -0.1) is 13.2 Å². The molecule has 2 aromatic carbocycles. The molecular formula is C24H25F5O. The Morgan fingerprint density at radius 3 is 2.30 bits per heavy atom. The minimum absolute atomic E-state index is 0.174. The van der Waals surface area contributed by atoms with Crippen LogP contribution in [0.4, 0.5) is 22.0 Å². The first kappa shape index (κ1) is 22.3. The van der Waals surface area contributed by atoms with Crippen molar-refractivity contribution < 1.29 is 26.7 Å². The average molecular weight is 424 g/mol. The molecule has 0 fully saturated rings. The number of hydrogen-bond acceptors (Lipinski definition) is 1. The van der Waals surface area contributed by atoms with Crippen LogP contribution in [0.3, 0.4) is 0 Å². The Balaban J connectivity index is 1.79. The van der Waals surface area contributed by atoms with Crippen molar-refractivity contribution in [3.8, 4) is 16.9 Å². The summed E-state index contributed by atoms with van der Waals surface area (Å²) < 4.78 is 70.6. The molecule has 0 amide bonds. The number of hydrogen-bond donors (Lipinski definition) is 0. The molecule has 0 N–H and O–H groups in total. The summed E-state index contributed by atoms with van der Waals surface area (Å²) in [5.41, 5.74) is 2.17. The highest BCUT2D eigenvalue weighted by Crippen LogP contribution is 2.36. The Bertz CT molecular complexity index is 897. The zero-order valence-electron chi connectivity index (χ0n) is 16.9. The maximum atomic E-state index is 15.1. The van der Waals surface area contributed by atoms with Gasteiger partial charge in [0.1, 0.15) is 17.4 Å². The van der Waals surface area contributed by atoms with Crippen molar-refractivity contribution in [2.75, 3.05) is 0 Å². The van der Waals surface area contributed by atoms with Crippen LogP contribution in [0.15, 0.2) is 35.9 Å². The van der Waals surface area contributed by atoms with Gasteiger partial charge in [0.05, 0.1) is 5.56 Å². The van der Waals surface area contributed by atoms with Crippen molar-refractivity contribution in [2.24, 2.45) is 0 Å². The van der Waals surface area contributed by atoms with Crippen LogP contribution in [-0.2, 0) is 6.42 Å². The molecule has 0 saturated carbocycles. The molecule has 1 aliphatic carbocycles. The van der Waals surface area contributed by atoms with E-state index in [0.29, 0.717) is 17.5 Å². The molecule has 6 heteroatoms. The van der Waals surface area contributed by atoms with Crippen LogP contribution in [0.2, 0.25) is 0 Å². The Kier molecular flexibility index (Phi) is 7.16. The highest BCUT2D eigenvalue weighted by Gasteiger charge is 2.31. The van der Waals surface area contributed by atoms with E-state index in [1.807, 2.05) is 6.08 Å². The number of alkyl halides is 3. The SMILES string of the molecule is CCCCCCCC1=Cc2cc(F)c(-c3ccc(OC(F)(F)F)cc3)c(F)c2CC1. The number of halogens is 5. The average Bonchev–Trinajstić information content (AvgIpc) is 2.68. The van der Waals surface area contributed by atoms with Gasteiger partial charge in [0.25, 0.3) is 0 Å². The Labute approximate surface area is 173 Å². The van der Waals surface area contributed by atoms with Gasteiger partial charge in [0.15, 0.2) is 0 Å². The Morgan fingerprint density at radius 1 is 0.933 bits per heavy atom. The predicted octanol–water partition coefficient (Wildman–Crippen LogP) is 8.22. The van der Waals surface area contributed by atoms with Crippen molar-refractivity contribution in [2.45, 2.75) is 64.7 Å². The first-order valence-corrected chi connectivity index (χ1v) is 10.3.